The Bertz CT molecular complexity index is 328. The minimum Gasteiger partial charge on any atom is -0.315 e. The standard InChI is InChI=1S/C12H17BrN2/c1-9(2)12(7-14-8-12)5-11-4-3-10(13)6-15-11/h3-4,6,9,14H,5,7-8H2,1-2H3. The molecule has 0 bridgehead atoms. The first-order valence-corrected chi connectivity index (χ1v) is 6.23. The molecule has 0 saturated carbocycles. The molecule has 2 rings (SSSR count). The quantitative estimate of drug-likeness (QED) is 0.912. The van der Waals surface area contributed by atoms with Crippen molar-refractivity contribution in [3.05, 3.63) is 28.5 Å². The Morgan fingerprint density at radius 3 is 2.60 bits per heavy atom. The molecule has 1 aliphatic heterocycles. The van der Waals surface area contributed by atoms with Gasteiger partial charge in [-0.2, -0.15) is 0 Å². The van der Waals surface area contributed by atoms with Crippen molar-refractivity contribution in [3.8, 4) is 0 Å². The molecular formula is C12H17BrN2. The van der Waals surface area contributed by atoms with Crippen LogP contribution in [-0.4, -0.2) is 18.1 Å². The van der Waals surface area contributed by atoms with Gasteiger partial charge >= 0.3 is 0 Å². The lowest BCUT2D eigenvalue weighted by Crippen LogP contribution is -2.57. The van der Waals surface area contributed by atoms with E-state index in [0.29, 0.717) is 11.3 Å². The third kappa shape index (κ3) is 2.23. The summed E-state index contributed by atoms with van der Waals surface area (Å²) in [5, 5.41) is 3.38. The Morgan fingerprint density at radius 1 is 1.47 bits per heavy atom. The van der Waals surface area contributed by atoms with Crippen LogP contribution in [0.1, 0.15) is 19.5 Å². The first kappa shape index (κ1) is 11.1. The van der Waals surface area contributed by atoms with Crippen molar-refractivity contribution >= 4 is 15.9 Å². The lowest BCUT2D eigenvalue weighted by atomic mass is 9.69. The summed E-state index contributed by atoms with van der Waals surface area (Å²) in [7, 11) is 0. The number of nitrogens with zero attached hydrogens (tertiary/aromatic N) is 1. The van der Waals surface area contributed by atoms with Crippen molar-refractivity contribution in [3.63, 3.8) is 0 Å². The van der Waals surface area contributed by atoms with Gasteiger partial charge in [0.1, 0.15) is 0 Å². The summed E-state index contributed by atoms with van der Waals surface area (Å²) in [6.07, 6.45) is 2.97. The number of rotatable bonds is 3. The van der Waals surface area contributed by atoms with E-state index in [9.17, 15) is 0 Å². The molecule has 1 N–H and O–H groups in total. The largest absolute Gasteiger partial charge is 0.315 e. The fourth-order valence-electron chi connectivity index (χ4n) is 2.06. The summed E-state index contributed by atoms with van der Waals surface area (Å²) in [4.78, 5) is 4.45. The van der Waals surface area contributed by atoms with Crippen LogP contribution in [0.2, 0.25) is 0 Å². The maximum atomic E-state index is 4.45. The van der Waals surface area contributed by atoms with E-state index < -0.39 is 0 Å². The number of aromatic nitrogens is 1. The third-order valence-corrected chi connectivity index (χ3v) is 3.97. The molecule has 2 nitrogen and oxygen atoms in total. The fraction of sp³-hybridized carbons (Fsp3) is 0.583. The van der Waals surface area contributed by atoms with Crippen LogP contribution in [0.5, 0.6) is 0 Å². The second-order valence-corrected chi connectivity index (χ2v) is 5.68. The Labute approximate surface area is 99.6 Å². The second kappa shape index (κ2) is 4.22. The number of pyridine rings is 1. The summed E-state index contributed by atoms with van der Waals surface area (Å²) in [6.45, 7) is 6.87. The van der Waals surface area contributed by atoms with Crippen LogP contribution in [0, 0.1) is 11.3 Å². The predicted octanol–water partition coefficient (Wildman–Crippen LogP) is 2.63. The van der Waals surface area contributed by atoms with E-state index in [4.69, 9.17) is 0 Å². The van der Waals surface area contributed by atoms with Crippen LogP contribution >= 0.6 is 15.9 Å². The number of hydrogen-bond donors (Lipinski definition) is 1. The van der Waals surface area contributed by atoms with Gasteiger partial charge in [0, 0.05) is 34.9 Å². The zero-order chi connectivity index (χ0) is 10.9. The number of nitrogens with one attached hydrogen (secondary N) is 1. The molecule has 0 atom stereocenters. The molecule has 1 fully saturated rings. The molecule has 1 aromatic rings. The average molecular weight is 269 g/mol. The highest BCUT2D eigenvalue weighted by Crippen LogP contribution is 2.35. The van der Waals surface area contributed by atoms with Gasteiger partial charge in [0.15, 0.2) is 0 Å². The SMILES string of the molecule is CC(C)C1(Cc2ccc(Br)cn2)CNC1. The van der Waals surface area contributed by atoms with Crippen LogP contribution in [0.4, 0.5) is 0 Å². The van der Waals surface area contributed by atoms with Crippen LogP contribution in [0.25, 0.3) is 0 Å². The summed E-state index contributed by atoms with van der Waals surface area (Å²) in [5.41, 5.74) is 1.63. The lowest BCUT2D eigenvalue weighted by molar-refractivity contribution is 0.0981. The molecule has 0 amide bonds. The Morgan fingerprint density at radius 2 is 2.20 bits per heavy atom. The van der Waals surface area contributed by atoms with E-state index in [-0.39, 0.29) is 0 Å². The van der Waals surface area contributed by atoms with Gasteiger partial charge in [-0.25, -0.2) is 0 Å². The summed E-state index contributed by atoms with van der Waals surface area (Å²) < 4.78 is 1.05. The van der Waals surface area contributed by atoms with Crippen molar-refractivity contribution in [1.82, 2.24) is 10.3 Å². The summed E-state index contributed by atoms with van der Waals surface area (Å²) in [5.74, 6) is 0.712. The molecule has 0 unspecified atom stereocenters. The Kier molecular flexibility index (Phi) is 3.12. The normalized spacial score (nSPS) is 18.9. The van der Waals surface area contributed by atoms with Crippen LogP contribution in [0.15, 0.2) is 22.8 Å². The van der Waals surface area contributed by atoms with E-state index in [1.807, 2.05) is 6.20 Å². The van der Waals surface area contributed by atoms with Gasteiger partial charge in [0.2, 0.25) is 0 Å². The zero-order valence-corrected chi connectivity index (χ0v) is 10.8. The first-order chi connectivity index (χ1) is 7.12. The van der Waals surface area contributed by atoms with Gasteiger partial charge in [-0.1, -0.05) is 13.8 Å². The highest BCUT2D eigenvalue weighted by molar-refractivity contribution is 9.10. The lowest BCUT2D eigenvalue weighted by Gasteiger charge is -2.46. The van der Waals surface area contributed by atoms with Crippen LogP contribution in [0.3, 0.4) is 0 Å². The fourth-order valence-corrected chi connectivity index (χ4v) is 2.29. The molecule has 1 aliphatic rings. The highest BCUT2D eigenvalue weighted by atomic mass is 79.9. The van der Waals surface area contributed by atoms with E-state index in [1.54, 1.807) is 0 Å². The van der Waals surface area contributed by atoms with Crippen LogP contribution < -0.4 is 5.32 Å². The maximum absolute atomic E-state index is 4.45. The van der Waals surface area contributed by atoms with Gasteiger partial charge in [-0.3, -0.25) is 4.98 Å². The van der Waals surface area contributed by atoms with Crippen LogP contribution in [-0.2, 0) is 6.42 Å². The number of halogens is 1. The van der Waals surface area contributed by atoms with Gasteiger partial charge in [0.05, 0.1) is 0 Å². The van der Waals surface area contributed by atoms with Gasteiger partial charge in [-0.05, 0) is 40.4 Å². The highest BCUT2D eigenvalue weighted by Gasteiger charge is 2.39. The molecular weight excluding hydrogens is 252 g/mol. The molecule has 15 heavy (non-hydrogen) atoms. The van der Waals surface area contributed by atoms with E-state index in [1.165, 1.54) is 5.69 Å². The van der Waals surface area contributed by atoms with Crippen molar-refractivity contribution in [2.75, 3.05) is 13.1 Å². The minimum absolute atomic E-state index is 0.431. The monoisotopic (exact) mass is 268 g/mol. The molecule has 82 valence electrons. The number of hydrogen-bond acceptors (Lipinski definition) is 2. The second-order valence-electron chi connectivity index (χ2n) is 4.77. The van der Waals surface area contributed by atoms with Crippen molar-refractivity contribution in [1.29, 1.82) is 0 Å². The molecule has 0 spiro atoms. The van der Waals surface area contributed by atoms with Crippen molar-refractivity contribution in [2.45, 2.75) is 20.3 Å². The molecule has 0 radical (unpaired) electrons. The van der Waals surface area contributed by atoms with Gasteiger partial charge in [0.25, 0.3) is 0 Å². The van der Waals surface area contributed by atoms with E-state index >= 15 is 0 Å². The van der Waals surface area contributed by atoms with Crippen molar-refractivity contribution < 1.29 is 0 Å². The molecule has 0 aromatic carbocycles. The van der Waals surface area contributed by atoms with Gasteiger partial charge in [-0.15, -0.1) is 0 Å². The van der Waals surface area contributed by atoms with E-state index in [0.717, 1.165) is 24.0 Å². The summed E-state index contributed by atoms with van der Waals surface area (Å²) >= 11 is 3.41. The molecule has 3 heteroatoms. The summed E-state index contributed by atoms with van der Waals surface area (Å²) in [6, 6.07) is 4.19. The maximum Gasteiger partial charge on any atom is 0.0413 e. The molecule has 0 aliphatic carbocycles. The molecule has 1 saturated heterocycles. The molecule has 1 aromatic heterocycles. The average Bonchev–Trinajstić information content (AvgIpc) is 2.13. The van der Waals surface area contributed by atoms with E-state index in [2.05, 4.69) is 52.2 Å². The van der Waals surface area contributed by atoms with Gasteiger partial charge < -0.3 is 5.32 Å². The first-order valence-electron chi connectivity index (χ1n) is 5.43. The third-order valence-electron chi connectivity index (χ3n) is 3.50. The Hall–Kier alpha value is -0.410. The predicted molar refractivity (Wildman–Crippen MR) is 65.8 cm³/mol. The minimum atomic E-state index is 0.431. The molecule has 2 heterocycles. The Balaban J connectivity index is 2.10. The topological polar surface area (TPSA) is 24.9 Å². The smallest absolute Gasteiger partial charge is 0.0413 e. The van der Waals surface area contributed by atoms with Crippen molar-refractivity contribution in [2.24, 2.45) is 11.3 Å². The zero-order valence-electron chi connectivity index (χ0n) is 9.26.